The molecule has 10 nitrogen and oxygen atoms in total. The summed E-state index contributed by atoms with van der Waals surface area (Å²) in [5.74, 6) is -3.57. The van der Waals surface area contributed by atoms with E-state index in [1.54, 1.807) is 26.0 Å². The first kappa shape index (κ1) is 29.8. The van der Waals surface area contributed by atoms with Crippen LogP contribution in [0, 0.1) is 23.7 Å². The molecule has 2 aromatic carbocycles. The molecule has 0 radical (unpaired) electrons. The number of Topliss-reactive ketones (excluding diaryl/α,β-unsaturated/α-hetero) is 2. The van der Waals surface area contributed by atoms with E-state index in [4.69, 9.17) is 9.47 Å². The van der Waals surface area contributed by atoms with Gasteiger partial charge in [0.2, 0.25) is 5.13 Å². The summed E-state index contributed by atoms with van der Waals surface area (Å²) in [6.07, 6.45) is 4.26. The van der Waals surface area contributed by atoms with Crippen molar-refractivity contribution in [1.82, 2.24) is 4.98 Å². The molecule has 11 heteroatoms. The predicted octanol–water partition coefficient (Wildman–Crippen LogP) is 5.70. The Morgan fingerprint density at radius 2 is 1.11 bits per heavy atom. The summed E-state index contributed by atoms with van der Waals surface area (Å²) >= 11 is 1.17. The van der Waals surface area contributed by atoms with Gasteiger partial charge < -0.3 is 9.47 Å². The monoisotopic (exact) mass is 616 g/mol. The fourth-order valence-corrected chi connectivity index (χ4v) is 7.42. The number of anilines is 1. The van der Waals surface area contributed by atoms with Gasteiger partial charge in [-0.1, -0.05) is 23.5 Å². The quantitative estimate of drug-likeness (QED) is 0.186. The number of rotatable bonds is 7. The third-order valence-electron chi connectivity index (χ3n) is 9.13. The number of carbonyl (C=O) groups is 6. The molecule has 0 spiro atoms. The van der Waals surface area contributed by atoms with Gasteiger partial charge in [-0.25, -0.2) is 9.88 Å². The van der Waals surface area contributed by atoms with Crippen LogP contribution in [-0.2, 0) is 19.2 Å². The normalized spacial score (nSPS) is 23.4. The van der Waals surface area contributed by atoms with E-state index in [0.29, 0.717) is 56.9 Å². The molecular weight excluding hydrogens is 584 g/mol. The van der Waals surface area contributed by atoms with Crippen molar-refractivity contribution in [3.63, 3.8) is 0 Å². The van der Waals surface area contributed by atoms with E-state index in [9.17, 15) is 28.8 Å². The molecular formula is C33H32N2O8S. The van der Waals surface area contributed by atoms with E-state index in [-0.39, 0.29) is 51.2 Å². The molecule has 0 atom stereocenters. The Morgan fingerprint density at radius 1 is 0.682 bits per heavy atom. The lowest BCUT2D eigenvalue weighted by Crippen LogP contribution is -2.30. The number of fused-ring (bicyclic) bond motifs is 2. The summed E-state index contributed by atoms with van der Waals surface area (Å²) in [6, 6.07) is 9.99. The lowest BCUT2D eigenvalue weighted by Gasteiger charge is -2.26. The highest BCUT2D eigenvalue weighted by Gasteiger charge is 2.45. The predicted molar refractivity (Wildman–Crippen MR) is 161 cm³/mol. The maximum atomic E-state index is 13.9. The average Bonchev–Trinajstić information content (AvgIpc) is 3.56. The van der Waals surface area contributed by atoms with Crippen molar-refractivity contribution >= 4 is 62.0 Å². The van der Waals surface area contributed by atoms with Gasteiger partial charge in [-0.3, -0.25) is 28.8 Å². The Morgan fingerprint density at radius 3 is 1.55 bits per heavy atom. The number of ether oxygens (including phenoxy) is 2. The number of thiazole rings is 1. The van der Waals surface area contributed by atoms with Gasteiger partial charge in [0.15, 0.2) is 0 Å². The molecule has 2 heterocycles. The van der Waals surface area contributed by atoms with Crippen molar-refractivity contribution in [2.45, 2.75) is 65.2 Å². The zero-order chi connectivity index (χ0) is 31.1. The smallest absolute Gasteiger partial charge is 0.314 e. The van der Waals surface area contributed by atoms with E-state index in [1.807, 2.05) is 12.1 Å². The topological polar surface area (TPSA) is 137 Å². The van der Waals surface area contributed by atoms with E-state index in [2.05, 4.69) is 4.98 Å². The molecule has 0 unspecified atom stereocenters. The molecule has 2 saturated carbocycles. The Balaban J connectivity index is 1.30. The van der Waals surface area contributed by atoms with Crippen molar-refractivity contribution in [3.8, 4) is 11.5 Å². The molecule has 2 aliphatic carbocycles. The Bertz CT molecular complexity index is 1570. The second kappa shape index (κ2) is 12.0. The van der Waals surface area contributed by atoms with Gasteiger partial charge in [0.25, 0.3) is 11.8 Å². The number of imide groups is 1. The van der Waals surface area contributed by atoms with Crippen molar-refractivity contribution < 1.29 is 38.2 Å². The number of aromatic nitrogens is 1. The number of hydrogen-bond donors (Lipinski definition) is 0. The van der Waals surface area contributed by atoms with E-state index in [1.165, 1.54) is 23.5 Å². The number of benzene rings is 2. The van der Waals surface area contributed by atoms with Crippen LogP contribution in [0.4, 0.5) is 5.13 Å². The molecule has 3 aliphatic rings. The number of para-hydroxylation sites is 1. The molecule has 1 aromatic heterocycles. The van der Waals surface area contributed by atoms with E-state index in [0.717, 1.165) is 9.60 Å². The zero-order valence-corrected chi connectivity index (χ0v) is 25.3. The molecule has 0 saturated heterocycles. The van der Waals surface area contributed by atoms with Crippen LogP contribution in [0.15, 0.2) is 36.4 Å². The molecule has 0 N–H and O–H groups in total. The summed E-state index contributed by atoms with van der Waals surface area (Å²) in [4.78, 5) is 83.2. The Kier molecular flexibility index (Phi) is 8.15. The van der Waals surface area contributed by atoms with Gasteiger partial charge in [0.1, 0.15) is 23.1 Å². The minimum atomic E-state index is -0.730. The second-order valence-corrected chi connectivity index (χ2v) is 12.9. The average molecular weight is 617 g/mol. The van der Waals surface area contributed by atoms with Crippen molar-refractivity contribution in [2.24, 2.45) is 23.7 Å². The minimum Gasteiger partial charge on any atom is -0.425 e. The zero-order valence-electron chi connectivity index (χ0n) is 24.5. The number of hydrogen-bond acceptors (Lipinski definition) is 10. The fourth-order valence-electron chi connectivity index (χ4n) is 6.46. The van der Waals surface area contributed by atoms with Crippen molar-refractivity contribution in [1.29, 1.82) is 0 Å². The second-order valence-electron chi connectivity index (χ2n) is 11.9. The van der Waals surface area contributed by atoms with Crippen LogP contribution in [0.5, 0.6) is 11.5 Å². The van der Waals surface area contributed by atoms with Gasteiger partial charge in [-0.15, -0.1) is 0 Å². The molecule has 6 rings (SSSR count). The third-order valence-corrected chi connectivity index (χ3v) is 10.2. The first-order valence-electron chi connectivity index (χ1n) is 15.0. The SMILES string of the molecule is CC(=O)C1CCC(C(=O)Oc2ccc(OC(=O)C3CCC(C(C)=O)CC3)c3c2C(=O)N(c2nc4ccccc4s2)C3=O)CC1. The number of amides is 2. The van der Waals surface area contributed by atoms with Crippen molar-refractivity contribution in [3.05, 3.63) is 47.5 Å². The first-order chi connectivity index (χ1) is 21.1. The van der Waals surface area contributed by atoms with Gasteiger partial charge in [-0.05, 0) is 89.5 Å². The van der Waals surface area contributed by atoms with Crippen LogP contribution in [-0.4, -0.2) is 40.3 Å². The summed E-state index contributed by atoms with van der Waals surface area (Å²) in [6.45, 7) is 3.11. The van der Waals surface area contributed by atoms with Gasteiger partial charge in [-0.2, -0.15) is 0 Å². The molecule has 228 valence electrons. The standard InChI is InChI=1S/C33H32N2O8S/c1-17(36)19-7-11-21(12-8-19)31(40)42-24-15-16-25(43-32(41)22-13-9-20(10-14-22)18(2)37)28-27(24)29(38)35(30(28)39)33-34-23-5-3-4-6-26(23)44-33/h3-6,15-16,19-22H,7-14H2,1-2H3. The highest BCUT2D eigenvalue weighted by molar-refractivity contribution is 7.22. The highest BCUT2D eigenvalue weighted by atomic mass is 32.1. The lowest BCUT2D eigenvalue weighted by atomic mass is 9.80. The molecule has 44 heavy (non-hydrogen) atoms. The Hall–Kier alpha value is -4.25. The van der Waals surface area contributed by atoms with Crippen LogP contribution >= 0.6 is 11.3 Å². The first-order valence-corrected chi connectivity index (χ1v) is 15.8. The van der Waals surface area contributed by atoms with Crippen molar-refractivity contribution in [2.75, 3.05) is 4.90 Å². The van der Waals surface area contributed by atoms with Crippen LogP contribution in [0.3, 0.4) is 0 Å². The number of esters is 2. The van der Waals surface area contributed by atoms with Crippen LogP contribution < -0.4 is 14.4 Å². The van der Waals surface area contributed by atoms with E-state index >= 15 is 0 Å². The summed E-state index contributed by atoms with van der Waals surface area (Å²) < 4.78 is 12.3. The minimum absolute atomic E-state index is 0.0728. The Labute approximate surface area is 257 Å². The van der Waals surface area contributed by atoms with Crippen LogP contribution in [0.25, 0.3) is 10.2 Å². The third kappa shape index (κ3) is 5.56. The van der Waals surface area contributed by atoms with Crippen LogP contribution in [0.1, 0.15) is 85.9 Å². The van der Waals surface area contributed by atoms with Crippen LogP contribution in [0.2, 0.25) is 0 Å². The van der Waals surface area contributed by atoms with Gasteiger partial charge in [0, 0.05) is 11.8 Å². The summed E-state index contributed by atoms with van der Waals surface area (Å²) in [7, 11) is 0. The number of carbonyl (C=O) groups excluding carboxylic acids is 6. The number of nitrogens with zero attached hydrogens (tertiary/aromatic N) is 2. The highest BCUT2D eigenvalue weighted by Crippen LogP contribution is 2.43. The molecule has 2 fully saturated rings. The maximum absolute atomic E-state index is 13.9. The fraction of sp³-hybridized carbons (Fsp3) is 0.424. The maximum Gasteiger partial charge on any atom is 0.314 e. The summed E-state index contributed by atoms with van der Waals surface area (Å²) in [5, 5.41) is 0.150. The lowest BCUT2D eigenvalue weighted by molar-refractivity contribution is -0.142. The summed E-state index contributed by atoms with van der Waals surface area (Å²) in [5.41, 5.74) is 0.293. The largest absolute Gasteiger partial charge is 0.425 e. The molecule has 1 aliphatic heterocycles. The molecule has 3 aromatic rings. The van der Waals surface area contributed by atoms with E-state index < -0.39 is 35.6 Å². The van der Waals surface area contributed by atoms with Gasteiger partial charge in [0.05, 0.1) is 33.2 Å². The van der Waals surface area contributed by atoms with Gasteiger partial charge >= 0.3 is 11.9 Å². The number of ketones is 2. The molecule has 2 amide bonds. The molecule has 0 bridgehead atoms.